The molecule has 1 heterocycles. The first-order valence-corrected chi connectivity index (χ1v) is 4.27. The molecule has 0 fully saturated rings. The molecule has 0 aliphatic carbocycles. The molecule has 0 aliphatic heterocycles. The van der Waals surface area contributed by atoms with E-state index in [2.05, 4.69) is 4.98 Å². The van der Waals surface area contributed by atoms with Crippen LogP contribution in [0.25, 0.3) is 10.2 Å². The van der Waals surface area contributed by atoms with Crippen molar-refractivity contribution >= 4 is 27.2 Å². The number of benzene rings is 1. The van der Waals surface area contributed by atoms with Crippen LogP contribution in [-0.2, 0) is 0 Å². The molecule has 6 heteroatoms. The van der Waals surface area contributed by atoms with Gasteiger partial charge in [-0.2, -0.15) is 0 Å². The molecule has 0 amide bonds. The highest BCUT2D eigenvalue weighted by atomic mass is 32.1. The highest BCUT2D eigenvalue weighted by Crippen LogP contribution is 2.31. The van der Waals surface area contributed by atoms with Gasteiger partial charge in [0.05, 0.1) is 21.2 Å². The quantitative estimate of drug-likeness (QED) is 0.558. The number of nitrogens with zero attached hydrogens (tertiary/aromatic N) is 2. The smallest absolute Gasteiger partial charge is 0.274 e. The van der Waals surface area contributed by atoms with Crippen molar-refractivity contribution in [1.29, 1.82) is 0 Å². The summed E-state index contributed by atoms with van der Waals surface area (Å²) in [6.07, 6.45) is 0. The summed E-state index contributed by atoms with van der Waals surface area (Å²) < 4.78 is 0.617. The number of hydrogen-bond acceptors (Lipinski definition) is 5. The molecule has 0 saturated heterocycles. The summed E-state index contributed by atoms with van der Waals surface area (Å²) in [5.74, 6) is -0.148. The zero-order valence-electron chi connectivity index (χ0n) is 6.30. The second-order valence-electron chi connectivity index (χ2n) is 2.42. The van der Waals surface area contributed by atoms with E-state index in [-0.39, 0.29) is 11.4 Å². The fraction of sp³-hybridized carbons (Fsp3) is 0. The first-order chi connectivity index (χ1) is 6.18. The third kappa shape index (κ3) is 1.20. The Morgan fingerprint density at radius 2 is 2.31 bits per heavy atom. The number of non-ortho nitro benzene ring substituents is 1. The predicted octanol–water partition coefficient (Wildman–Crippen LogP) is 1.91. The van der Waals surface area contributed by atoms with Crippen LogP contribution in [0.15, 0.2) is 17.6 Å². The van der Waals surface area contributed by atoms with Gasteiger partial charge in [0.15, 0.2) is 0 Å². The van der Waals surface area contributed by atoms with Crippen molar-refractivity contribution in [3.63, 3.8) is 0 Å². The van der Waals surface area contributed by atoms with Crippen molar-refractivity contribution in [2.45, 2.75) is 0 Å². The second kappa shape index (κ2) is 2.67. The molecule has 1 N–H and O–H groups in total. The number of rotatable bonds is 1. The SMILES string of the molecule is O=[N+]([O-])c1cc(O)c2ncsc2c1. The largest absolute Gasteiger partial charge is 0.505 e. The van der Waals surface area contributed by atoms with Gasteiger partial charge in [-0.1, -0.05) is 0 Å². The molecular formula is C7H4N2O3S. The fourth-order valence-electron chi connectivity index (χ4n) is 1.04. The van der Waals surface area contributed by atoms with Crippen LogP contribution in [0.5, 0.6) is 5.75 Å². The number of fused-ring (bicyclic) bond motifs is 1. The van der Waals surface area contributed by atoms with Crippen LogP contribution in [-0.4, -0.2) is 15.0 Å². The maximum absolute atomic E-state index is 10.4. The zero-order chi connectivity index (χ0) is 9.42. The number of nitro benzene ring substituents is 1. The lowest BCUT2D eigenvalue weighted by atomic mass is 10.3. The van der Waals surface area contributed by atoms with Crippen LogP contribution < -0.4 is 0 Å². The lowest BCUT2D eigenvalue weighted by molar-refractivity contribution is -0.384. The lowest BCUT2D eigenvalue weighted by Gasteiger charge is -1.93. The van der Waals surface area contributed by atoms with Crippen LogP contribution in [0.1, 0.15) is 0 Å². The number of aromatic hydroxyl groups is 1. The van der Waals surface area contributed by atoms with Gasteiger partial charge in [0.25, 0.3) is 5.69 Å². The molecule has 66 valence electrons. The van der Waals surface area contributed by atoms with Crippen LogP contribution in [0.2, 0.25) is 0 Å². The number of thiazole rings is 1. The van der Waals surface area contributed by atoms with Gasteiger partial charge in [0.2, 0.25) is 0 Å². The molecule has 13 heavy (non-hydrogen) atoms. The van der Waals surface area contributed by atoms with E-state index in [1.807, 2.05) is 0 Å². The fourth-order valence-corrected chi connectivity index (χ4v) is 1.77. The number of hydrogen-bond donors (Lipinski definition) is 1. The van der Waals surface area contributed by atoms with Crippen molar-refractivity contribution in [2.24, 2.45) is 0 Å². The summed E-state index contributed by atoms with van der Waals surface area (Å²) in [6.45, 7) is 0. The average molecular weight is 196 g/mol. The van der Waals surface area contributed by atoms with Gasteiger partial charge in [-0.3, -0.25) is 10.1 Å². The van der Waals surface area contributed by atoms with E-state index in [0.29, 0.717) is 10.2 Å². The number of nitro groups is 1. The maximum atomic E-state index is 10.4. The minimum Gasteiger partial charge on any atom is -0.505 e. The van der Waals surface area contributed by atoms with E-state index in [1.165, 1.54) is 22.9 Å². The molecule has 0 radical (unpaired) electrons. The van der Waals surface area contributed by atoms with E-state index < -0.39 is 4.92 Å². The molecule has 2 aromatic rings. The van der Waals surface area contributed by atoms with Crippen LogP contribution in [0.4, 0.5) is 5.69 Å². The molecule has 0 spiro atoms. The highest BCUT2D eigenvalue weighted by Gasteiger charge is 2.12. The summed E-state index contributed by atoms with van der Waals surface area (Å²) in [5.41, 5.74) is 1.83. The molecule has 0 unspecified atom stereocenters. The average Bonchev–Trinajstić information content (AvgIpc) is 2.51. The Kier molecular flexibility index (Phi) is 1.63. The third-order valence-electron chi connectivity index (χ3n) is 1.61. The standard InChI is InChI=1S/C7H4N2O3S/c10-5-1-4(9(11)12)2-6-7(5)8-3-13-6/h1-3,10H. The van der Waals surface area contributed by atoms with Gasteiger partial charge in [-0.25, -0.2) is 4.98 Å². The topological polar surface area (TPSA) is 76.3 Å². The van der Waals surface area contributed by atoms with E-state index in [1.54, 1.807) is 0 Å². The molecule has 0 atom stereocenters. The summed E-state index contributed by atoms with van der Waals surface area (Å²) >= 11 is 1.26. The van der Waals surface area contributed by atoms with Crippen molar-refractivity contribution in [2.75, 3.05) is 0 Å². The normalized spacial score (nSPS) is 10.5. The minimum atomic E-state index is -0.543. The van der Waals surface area contributed by atoms with Crippen molar-refractivity contribution in [3.8, 4) is 5.75 Å². The van der Waals surface area contributed by atoms with E-state index in [4.69, 9.17) is 0 Å². The summed E-state index contributed by atoms with van der Waals surface area (Å²) in [4.78, 5) is 13.7. The van der Waals surface area contributed by atoms with E-state index in [9.17, 15) is 15.2 Å². The van der Waals surface area contributed by atoms with Crippen LogP contribution >= 0.6 is 11.3 Å². The molecule has 0 aliphatic rings. The Bertz CT molecular complexity index is 480. The number of aromatic nitrogens is 1. The van der Waals surface area contributed by atoms with Gasteiger partial charge >= 0.3 is 0 Å². The molecule has 0 bridgehead atoms. The van der Waals surface area contributed by atoms with Gasteiger partial charge in [-0.15, -0.1) is 11.3 Å². The summed E-state index contributed by atoms with van der Waals surface area (Å²) in [7, 11) is 0. The van der Waals surface area contributed by atoms with Gasteiger partial charge < -0.3 is 5.11 Å². The lowest BCUT2D eigenvalue weighted by Crippen LogP contribution is -1.86. The van der Waals surface area contributed by atoms with Crippen molar-refractivity contribution in [3.05, 3.63) is 27.8 Å². The van der Waals surface area contributed by atoms with Gasteiger partial charge in [-0.05, 0) is 0 Å². The van der Waals surface area contributed by atoms with Crippen molar-refractivity contribution < 1.29 is 10.0 Å². The molecule has 5 nitrogen and oxygen atoms in total. The van der Waals surface area contributed by atoms with Crippen molar-refractivity contribution in [1.82, 2.24) is 4.98 Å². The highest BCUT2D eigenvalue weighted by molar-refractivity contribution is 7.16. The Hall–Kier alpha value is -1.69. The minimum absolute atomic E-state index is 0.116. The molecule has 1 aromatic heterocycles. The van der Waals surface area contributed by atoms with Crippen LogP contribution in [0, 0.1) is 10.1 Å². The molecule has 0 saturated carbocycles. The summed E-state index contributed by atoms with van der Waals surface area (Å²) in [5, 5.41) is 19.7. The Labute approximate surface area is 76.4 Å². The first-order valence-electron chi connectivity index (χ1n) is 3.39. The Morgan fingerprint density at radius 1 is 1.54 bits per heavy atom. The van der Waals surface area contributed by atoms with E-state index >= 15 is 0 Å². The summed E-state index contributed by atoms with van der Waals surface area (Å²) in [6, 6.07) is 2.49. The number of phenols is 1. The van der Waals surface area contributed by atoms with E-state index in [0.717, 1.165) is 6.07 Å². The van der Waals surface area contributed by atoms with Gasteiger partial charge in [0.1, 0.15) is 11.3 Å². The molecular weight excluding hydrogens is 192 g/mol. The first kappa shape index (κ1) is 7.93. The Balaban J connectivity index is 2.77. The van der Waals surface area contributed by atoms with Crippen LogP contribution in [0.3, 0.4) is 0 Å². The zero-order valence-corrected chi connectivity index (χ0v) is 7.11. The Morgan fingerprint density at radius 3 is 3.00 bits per heavy atom. The number of phenolic OH excluding ortho intramolecular Hbond substituents is 1. The monoisotopic (exact) mass is 196 g/mol. The predicted molar refractivity (Wildman–Crippen MR) is 47.9 cm³/mol. The second-order valence-corrected chi connectivity index (χ2v) is 3.31. The van der Waals surface area contributed by atoms with Gasteiger partial charge in [0, 0.05) is 6.07 Å². The molecule has 1 aromatic carbocycles. The maximum Gasteiger partial charge on any atom is 0.274 e. The third-order valence-corrected chi connectivity index (χ3v) is 2.39. The molecule has 2 rings (SSSR count).